The van der Waals surface area contributed by atoms with Crippen molar-refractivity contribution in [2.24, 2.45) is 0 Å². The Bertz CT molecular complexity index is 243. The van der Waals surface area contributed by atoms with E-state index in [-0.39, 0.29) is 11.8 Å². The average Bonchev–Trinajstić information content (AvgIpc) is 2.35. The van der Waals surface area contributed by atoms with Gasteiger partial charge in [0.1, 0.15) is 0 Å². The molecule has 1 rings (SSSR count). The molecule has 0 fully saturated rings. The molecule has 5 heteroatoms. The molecule has 0 saturated carbocycles. The number of aromatic amines is 1. The number of halogens is 1. The van der Waals surface area contributed by atoms with E-state index in [0.29, 0.717) is 11.6 Å². The lowest BCUT2D eigenvalue weighted by Crippen LogP contribution is -1.95. The Labute approximate surface area is 81.5 Å². The molecule has 1 heterocycles. The summed E-state index contributed by atoms with van der Waals surface area (Å²) in [5.41, 5.74) is 0. The van der Waals surface area contributed by atoms with E-state index in [1.54, 1.807) is 6.92 Å². The molecule has 0 unspecified atom stereocenters. The topological polar surface area (TPSA) is 62.0 Å². The largest absolute Gasteiger partial charge is 0.466 e. The van der Waals surface area contributed by atoms with Gasteiger partial charge in [0.05, 0.1) is 11.6 Å². The van der Waals surface area contributed by atoms with Gasteiger partial charge in [-0.25, -0.2) is 0 Å². The predicted octanol–water partition coefficient (Wildman–Crippen LogP) is 2.38. The summed E-state index contributed by atoms with van der Waals surface area (Å²) in [5.74, 6) is -0.359. The van der Waals surface area contributed by atoms with Gasteiger partial charge in [-0.15, -0.1) is 0 Å². The molecule has 0 saturated heterocycles. The quantitative estimate of drug-likeness (QED) is 0.714. The number of carbonyl (C=O) groups is 1. The number of esters is 1. The van der Waals surface area contributed by atoms with Crippen molar-refractivity contribution >= 4 is 17.6 Å². The highest BCUT2D eigenvalue weighted by Crippen LogP contribution is 2.13. The molecule has 0 aliphatic rings. The molecule has 0 aliphatic heterocycles. The summed E-state index contributed by atoms with van der Waals surface area (Å²) in [6.45, 7) is 3.65. The number of hydrogen-bond donors (Lipinski definition) is 1. The molecule has 13 heavy (non-hydrogen) atoms. The Kier molecular flexibility index (Phi) is 5.80. The van der Waals surface area contributed by atoms with Crippen molar-refractivity contribution in [1.29, 1.82) is 0 Å². The van der Waals surface area contributed by atoms with Crippen LogP contribution >= 0.6 is 11.6 Å². The molecule has 0 bridgehead atoms. The van der Waals surface area contributed by atoms with Crippen LogP contribution in [0.15, 0.2) is 12.3 Å². The van der Waals surface area contributed by atoms with Crippen molar-refractivity contribution in [3.05, 3.63) is 17.3 Å². The van der Waals surface area contributed by atoms with Crippen LogP contribution in [-0.2, 0) is 14.6 Å². The van der Waals surface area contributed by atoms with Crippen LogP contribution in [0.2, 0.25) is 5.02 Å². The summed E-state index contributed by atoms with van der Waals surface area (Å²) in [6.07, 6.45) is 1.45. The van der Waals surface area contributed by atoms with E-state index in [9.17, 15) is 9.90 Å². The first-order valence-corrected chi connectivity index (χ1v) is 4.08. The minimum absolute atomic E-state index is 0.148. The minimum atomic E-state index is -0.211. The SMILES string of the molecule is CCOC(C)=O.[O]c1cc(Cl)c[nH]1. The van der Waals surface area contributed by atoms with Gasteiger partial charge >= 0.3 is 5.97 Å². The monoisotopic (exact) mass is 204 g/mol. The third-order valence-electron chi connectivity index (χ3n) is 0.969. The van der Waals surface area contributed by atoms with Crippen LogP contribution in [0.5, 0.6) is 5.88 Å². The standard InChI is InChI=1S/C4H3ClNO.C4H8O2/c5-3-1-4(7)6-2-3;1-3-6-4(2)5/h1-2,6H;3H2,1-2H3. The third kappa shape index (κ3) is 7.21. The van der Waals surface area contributed by atoms with Gasteiger partial charge in [0, 0.05) is 19.2 Å². The maximum absolute atomic E-state index is 10.2. The van der Waals surface area contributed by atoms with Crippen LogP contribution in [0.3, 0.4) is 0 Å². The second-order valence-corrected chi connectivity index (χ2v) is 2.54. The maximum atomic E-state index is 10.2. The maximum Gasteiger partial charge on any atom is 0.302 e. The van der Waals surface area contributed by atoms with Gasteiger partial charge in [-0.2, -0.15) is 0 Å². The average molecular weight is 205 g/mol. The fraction of sp³-hybridized carbons (Fsp3) is 0.375. The second-order valence-electron chi connectivity index (χ2n) is 2.11. The van der Waals surface area contributed by atoms with Gasteiger partial charge in [-0.3, -0.25) is 9.90 Å². The van der Waals surface area contributed by atoms with Crippen LogP contribution in [0, 0.1) is 0 Å². The molecule has 73 valence electrons. The molecule has 0 amide bonds. The van der Waals surface area contributed by atoms with Crippen molar-refractivity contribution < 1.29 is 14.6 Å². The molecule has 1 aromatic rings. The number of H-pyrrole nitrogens is 1. The molecule has 0 spiro atoms. The Balaban J connectivity index is 0.000000226. The summed E-state index contributed by atoms with van der Waals surface area (Å²) in [6, 6.07) is 1.32. The molecule has 1 aromatic heterocycles. The van der Waals surface area contributed by atoms with E-state index in [1.165, 1.54) is 19.2 Å². The molecule has 0 aromatic carbocycles. The number of nitrogens with one attached hydrogen (secondary N) is 1. The van der Waals surface area contributed by atoms with Crippen LogP contribution in [0.25, 0.3) is 0 Å². The lowest BCUT2D eigenvalue weighted by molar-refractivity contribution is -0.140. The fourth-order valence-corrected chi connectivity index (χ4v) is 0.706. The van der Waals surface area contributed by atoms with Gasteiger partial charge in [-0.1, -0.05) is 11.6 Å². The molecule has 1 radical (unpaired) electrons. The summed E-state index contributed by atoms with van der Waals surface area (Å²) in [4.78, 5) is 12.2. The van der Waals surface area contributed by atoms with Crippen molar-refractivity contribution in [1.82, 2.24) is 4.98 Å². The fourth-order valence-electron chi connectivity index (χ4n) is 0.552. The van der Waals surface area contributed by atoms with E-state index in [0.717, 1.165) is 0 Å². The molecule has 4 nitrogen and oxygen atoms in total. The van der Waals surface area contributed by atoms with Gasteiger partial charge in [-0.05, 0) is 6.92 Å². The van der Waals surface area contributed by atoms with E-state index in [1.807, 2.05) is 0 Å². The lowest BCUT2D eigenvalue weighted by atomic mass is 10.6. The Morgan fingerprint density at radius 1 is 1.69 bits per heavy atom. The summed E-state index contributed by atoms with van der Waals surface area (Å²) < 4.78 is 4.40. The summed E-state index contributed by atoms with van der Waals surface area (Å²) >= 11 is 5.33. The van der Waals surface area contributed by atoms with Gasteiger partial charge in [0.25, 0.3) is 0 Å². The molecule has 0 aliphatic carbocycles. The second kappa shape index (κ2) is 6.37. The van der Waals surface area contributed by atoms with E-state index >= 15 is 0 Å². The first-order chi connectivity index (χ1) is 6.06. The smallest absolute Gasteiger partial charge is 0.302 e. The summed E-state index contributed by atoms with van der Waals surface area (Å²) in [5, 5.41) is 10.6. The van der Waals surface area contributed by atoms with Crippen molar-refractivity contribution in [2.45, 2.75) is 13.8 Å². The van der Waals surface area contributed by atoms with Crippen molar-refractivity contribution in [2.75, 3.05) is 6.61 Å². The summed E-state index contributed by atoms with van der Waals surface area (Å²) in [7, 11) is 0. The lowest BCUT2D eigenvalue weighted by Gasteiger charge is -1.89. The minimum Gasteiger partial charge on any atom is -0.466 e. The zero-order chi connectivity index (χ0) is 10.3. The predicted molar refractivity (Wildman–Crippen MR) is 48.2 cm³/mol. The third-order valence-corrected chi connectivity index (χ3v) is 1.19. The Hall–Kier alpha value is -1.16. The van der Waals surface area contributed by atoms with Gasteiger partial charge in [0.15, 0.2) is 0 Å². The van der Waals surface area contributed by atoms with E-state index in [2.05, 4.69) is 9.72 Å². The van der Waals surface area contributed by atoms with Crippen molar-refractivity contribution in [3.8, 4) is 5.88 Å². The van der Waals surface area contributed by atoms with Crippen LogP contribution in [0.1, 0.15) is 13.8 Å². The molecular weight excluding hydrogens is 194 g/mol. The normalized spacial score (nSPS) is 8.54. The zero-order valence-electron chi connectivity index (χ0n) is 7.46. The highest BCUT2D eigenvalue weighted by atomic mass is 35.5. The molecular formula is C8H11ClNO3. The number of aromatic nitrogens is 1. The van der Waals surface area contributed by atoms with Crippen molar-refractivity contribution in [3.63, 3.8) is 0 Å². The highest BCUT2D eigenvalue weighted by molar-refractivity contribution is 6.30. The zero-order valence-corrected chi connectivity index (χ0v) is 8.22. The van der Waals surface area contributed by atoms with Gasteiger partial charge in [0.2, 0.25) is 5.88 Å². The Morgan fingerprint density at radius 3 is 2.38 bits per heavy atom. The van der Waals surface area contributed by atoms with E-state index < -0.39 is 0 Å². The number of hydrogen-bond acceptors (Lipinski definition) is 2. The van der Waals surface area contributed by atoms with Gasteiger partial charge < -0.3 is 9.72 Å². The first-order valence-electron chi connectivity index (χ1n) is 3.70. The van der Waals surface area contributed by atoms with Crippen LogP contribution < -0.4 is 0 Å². The number of ether oxygens (including phenoxy) is 1. The highest BCUT2D eigenvalue weighted by Gasteiger charge is 1.90. The number of carbonyl (C=O) groups excluding carboxylic acids is 1. The first kappa shape index (κ1) is 11.8. The van der Waals surface area contributed by atoms with Crippen LogP contribution in [-0.4, -0.2) is 17.6 Å². The molecule has 0 atom stereocenters. The molecule has 1 N–H and O–H groups in total. The van der Waals surface area contributed by atoms with Crippen LogP contribution in [0.4, 0.5) is 0 Å². The number of rotatable bonds is 1. The Morgan fingerprint density at radius 2 is 2.31 bits per heavy atom. The van der Waals surface area contributed by atoms with E-state index in [4.69, 9.17) is 11.6 Å².